The van der Waals surface area contributed by atoms with Crippen LogP contribution < -0.4 is 15.0 Å². The molecule has 0 spiro atoms. The summed E-state index contributed by atoms with van der Waals surface area (Å²) >= 11 is 5.80. The van der Waals surface area contributed by atoms with Crippen molar-refractivity contribution in [2.75, 3.05) is 12.0 Å². The van der Waals surface area contributed by atoms with Crippen LogP contribution in [-0.2, 0) is 0 Å². The second kappa shape index (κ2) is 8.20. The Morgan fingerprint density at radius 1 is 0.903 bits per heavy atom. The van der Waals surface area contributed by atoms with Crippen LogP contribution in [0.2, 0.25) is 0 Å². The summed E-state index contributed by atoms with van der Waals surface area (Å²) in [6.45, 7) is 0. The molecule has 1 fully saturated rings. The van der Waals surface area contributed by atoms with Gasteiger partial charge < -0.3 is 19.5 Å². The quantitative estimate of drug-likeness (QED) is 0.475. The third-order valence-electron chi connectivity index (χ3n) is 5.43. The Balaban J connectivity index is 1.65. The van der Waals surface area contributed by atoms with Crippen LogP contribution in [0.4, 0.5) is 5.69 Å². The first-order valence-electron chi connectivity index (χ1n) is 9.99. The summed E-state index contributed by atoms with van der Waals surface area (Å²) < 4.78 is 7.44. The fraction of sp³-hybridized carbons (Fsp3) is 0.125. The van der Waals surface area contributed by atoms with E-state index < -0.39 is 0 Å². The molecule has 7 heteroatoms. The predicted molar refractivity (Wildman–Crippen MR) is 124 cm³/mol. The van der Waals surface area contributed by atoms with Gasteiger partial charge in [-0.1, -0.05) is 12.1 Å². The van der Waals surface area contributed by atoms with E-state index in [1.807, 2.05) is 79.1 Å². The molecule has 2 atom stereocenters. The molecule has 0 aliphatic carbocycles. The molecule has 5 rings (SSSR count). The van der Waals surface area contributed by atoms with E-state index in [4.69, 9.17) is 17.0 Å². The molecule has 4 aromatic rings. The van der Waals surface area contributed by atoms with Gasteiger partial charge in [-0.05, 0) is 72.9 Å². The van der Waals surface area contributed by atoms with E-state index in [0.717, 1.165) is 28.6 Å². The minimum Gasteiger partial charge on any atom is -0.497 e. The molecule has 2 unspecified atom stereocenters. The highest BCUT2D eigenvalue weighted by Gasteiger charge is 2.42. The lowest BCUT2D eigenvalue weighted by molar-refractivity contribution is 0.415. The largest absolute Gasteiger partial charge is 0.497 e. The van der Waals surface area contributed by atoms with Gasteiger partial charge in [-0.3, -0.25) is 4.98 Å². The van der Waals surface area contributed by atoms with E-state index in [1.165, 1.54) is 0 Å². The summed E-state index contributed by atoms with van der Waals surface area (Å²) in [4.78, 5) is 11.3. The molecule has 4 heterocycles. The maximum Gasteiger partial charge on any atom is 0.174 e. The molecule has 1 N–H and O–H groups in total. The van der Waals surface area contributed by atoms with Crippen molar-refractivity contribution in [3.8, 4) is 11.6 Å². The topological polar surface area (TPSA) is 55.2 Å². The third-order valence-corrected chi connectivity index (χ3v) is 5.74. The highest BCUT2D eigenvalue weighted by atomic mass is 32.1. The normalized spacial score (nSPS) is 18.1. The third kappa shape index (κ3) is 3.53. The monoisotopic (exact) mass is 427 g/mol. The number of nitrogens with zero attached hydrogens (tertiary/aromatic N) is 4. The number of nitrogens with one attached hydrogen (secondary N) is 1. The van der Waals surface area contributed by atoms with Gasteiger partial charge in [-0.15, -0.1) is 0 Å². The second-order valence-electron chi connectivity index (χ2n) is 7.19. The van der Waals surface area contributed by atoms with Crippen molar-refractivity contribution in [3.05, 3.63) is 103 Å². The number of benzene rings is 1. The number of aromatic nitrogens is 3. The summed E-state index contributed by atoms with van der Waals surface area (Å²) in [5.41, 5.74) is 2.98. The zero-order valence-electron chi connectivity index (χ0n) is 16.9. The molecule has 3 aromatic heterocycles. The molecule has 6 nitrogen and oxygen atoms in total. The molecule has 0 saturated carbocycles. The zero-order chi connectivity index (χ0) is 21.2. The lowest BCUT2D eigenvalue weighted by Crippen LogP contribution is -2.30. The number of thiocarbonyl (C=S) groups is 1. The lowest BCUT2D eigenvalue weighted by atomic mass is 10.0. The van der Waals surface area contributed by atoms with Crippen molar-refractivity contribution >= 4 is 23.0 Å². The molecule has 1 saturated heterocycles. The molecule has 1 aliphatic rings. The zero-order valence-corrected chi connectivity index (χ0v) is 17.7. The highest BCUT2D eigenvalue weighted by Crippen LogP contribution is 2.42. The fourth-order valence-corrected chi connectivity index (χ4v) is 4.36. The summed E-state index contributed by atoms with van der Waals surface area (Å²) in [5.74, 6) is 1.66. The van der Waals surface area contributed by atoms with Crippen LogP contribution in [0.25, 0.3) is 5.82 Å². The van der Waals surface area contributed by atoms with Gasteiger partial charge in [0.25, 0.3) is 0 Å². The Labute approximate surface area is 186 Å². The average Bonchev–Trinajstić information content (AvgIpc) is 3.44. The van der Waals surface area contributed by atoms with Gasteiger partial charge in [0.05, 0.1) is 18.8 Å². The molecule has 154 valence electrons. The van der Waals surface area contributed by atoms with Crippen LogP contribution in [-0.4, -0.2) is 26.8 Å². The molecule has 31 heavy (non-hydrogen) atoms. The van der Waals surface area contributed by atoms with Crippen LogP contribution in [0.3, 0.4) is 0 Å². The van der Waals surface area contributed by atoms with E-state index in [-0.39, 0.29) is 12.1 Å². The first-order valence-corrected chi connectivity index (χ1v) is 10.4. The number of rotatable bonds is 5. The number of anilines is 1. The van der Waals surface area contributed by atoms with Gasteiger partial charge in [-0.25, -0.2) is 4.98 Å². The van der Waals surface area contributed by atoms with Crippen molar-refractivity contribution in [1.82, 2.24) is 19.9 Å². The molecular weight excluding hydrogens is 406 g/mol. The van der Waals surface area contributed by atoms with Gasteiger partial charge in [-0.2, -0.15) is 0 Å². The predicted octanol–water partition coefficient (Wildman–Crippen LogP) is 4.45. The van der Waals surface area contributed by atoms with Crippen molar-refractivity contribution in [1.29, 1.82) is 0 Å². The van der Waals surface area contributed by atoms with Crippen LogP contribution in [0.15, 0.2) is 91.4 Å². The highest BCUT2D eigenvalue weighted by molar-refractivity contribution is 7.80. The van der Waals surface area contributed by atoms with E-state index in [1.54, 1.807) is 13.3 Å². The first kappa shape index (κ1) is 19.3. The Bertz CT molecular complexity index is 1180. The van der Waals surface area contributed by atoms with Crippen molar-refractivity contribution in [2.45, 2.75) is 12.1 Å². The van der Waals surface area contributed by atoms with Gasteiger partial charge in [0.1, 0.15) is 17.6 Å². The molecule has 1 aliphatic heterocycles. The molecular formula is C24H21N5OS. The average molecular weight is 428 g/mol. The molecule has 0 bridgehead atoms. The van der Waals surface area contributed by atoms with E-state index >= 15 is 0 Å². The number of hydrogen-bond acceptors (Lipinski definition) is 4. The van der Waals surface area contributed by atoms with Crippen LogP contribution in [0.1, 0.15) is 23.5 Å². The maximum absolute atomic E-state index is 5.80. The SMILES string of the molecule is COc1ccc(N2C(=S)NC(c3ccccn3)C2c2cccn2-c2ccccn2)cc1. The Morgan fingerprint density at radius 3 is 2.35 bits per heavy atom. The van der Waals surface area contributed by atoms with Gasteiger partial charge in [0.15, 0.2) is 5.11 Å². The number of hydrogen-bond donors (Lipinski definition) is 1. The minimum absolute atomic E-state index is 0.117. The Kier molecular flexibility index (Phi) is 5.09. The van der Waals surface area contributed by atoms with Crippen molar-refractivity contribution in [2.24, 2.45) is 0 Å². The number of methoxy groups -OCH3 is 1. The smallest absolute Gasteiger partial charge is 0.174 e. The summed E-state index contributed by atoms with van der Waals surface area (Å²) in [7, 11) is 1.66. The molecule has 0 amide bonds. The van der Waals surface area contributed by atoms with Gasteiger partial charge in [0, 0.05) is 30.0 Å². The minimum atomic E-state index is -0.118. The molecule has 0 radical (unpaired) electrons. The Morgan fingerprint density at radius 2 is 1.68 bits per heavy atom. The van der Waals surface area contributed by atoms with Gasteiger partial charge >= 0.3 is 0 Å². The number of pyridine rings is 2. The van der Waals surface area contributed by atoms with Crippen molar-refractivity contribution in [3.63, 3.8) is 0 Å². The summed E-state index contributed by atoms with van der Waals surface area (Å²) in [6.07, 6.45) is 5.64. The maximum atomic E-state index is 5.80. The standard InChI is InChI=1S/C24H21N5OS/c1-30-18-12-10-17(11-13-18)29-23(22(27-24(29)31)19-7-2-4-14-25-19)20-8-6-16-28(20)21-9-3-5-15-26-21/h2-16,22-23H,1H3,(H,27,31). The van der Waals surface area contributed by atoms with E-state index in [2.05, 4.69) is 30.8 Å². The first-order chi connectivity index (χ1) is 15.3. The van der Waals surface area contributed by atoms with Crippen LogP contribution in [0, 0.1) is 0 Å². The summed E-state index contributed by atoms with van der Waals surface area (Å²) in [6, 6.07) is 23.7. The van der Waals surface area contributed by atoms with E-state index in [9.17, 15) is 0 Å². The number of ether oxygens (including phenoxy) is 1. The fourth-order valence-electron chi connectivity index (χ4n) is 4.02. The van der Waals surface area contributed by atoms with Crippen molar-refractivity contribution < 1.29 is 4.74 Å². The second-order valence-corrected chi connectivity index (χ2v) is 7.57. The lowest BCUT2D eigenvalue weighted by Gasteiger charge is -2.28. The summed E-state index contributed by atoms with van der Waals surface area (Å²) in [5, 5.41) is 4.15. The van der Waals surface area contributed by atoms with Gasteiger partial charge in [0.2, 0.25) is 0 Å². The van der Waals surface area contributed by atoms with Crippen LogP contribution >= 0.6 is 12.2 Å². The van der Waals surface area contributed by atoms with Crippen LogP contribution in [0.5, 0.6) is 5.75 Å². The van der Waals surface area contributed by atoms with E-state index in [0.29, 0.717) is 5.11 Å². The Hall–Kier alpha value is -3.71. The molecule has 1 aromatic carbocycles.